The molecule has 3 atom stereocenters. The lowest BCUT2D eigenvalue weighted by molar-refractivity contribution is -0.870. The van der Waals surface area contributed by atoms with Gasteiger partial charge in [-0.3, -0.25) is 13.8 Å². The van der Waals surface area contributed by atoms with Gasteiger partial charge in [0.25, 0.3) is 0 Å². The van der Waals surface area contributed by atoms with E-state index in [-0.39, 0.29) is 19.1 Å². The van der Waals surface area contributed by atoms with Crippen molar-refractivity contribution in [2.24, 2.45) is 0 Å². The summed E-state index contributed by atoms with van der Waals surface area (Å²) in [4.78, 5) is 23.4. The van der Waals surface area contributed by atoms with Gasteiger partial charge >= 0.3 is 7.82 Å². The molecular formula is C67H120N2O6P+. The van der Waals surface area contributed by atoms with Gasteiger partial charge in [0, 0.05) is 6.42 Å². The molecule has 0 rings (SSSR count). The lowest BCUT2D eigenvalue weighted by Crippen LogP contribution is -2.45. The van der Waals surface area contributed by atoms with E-state index in [0.717, 1.165) is 83.5 Å². The van der Waals surface area contributed by atoms with Crippen molar-refractivity contribution in [3.63, 3.8) is 0 Å². The van der Waals surface area contributed by atoms with E-state index in [4.69, 9.17) is 9.05 Å². The van der Waals surface area contributed by atoms with Crippen LogP contribution in [0.3, 0.4) is 0 Å². The van der Waals surface area contributed by atoms with Gasteiger partial charge in [-0.05, 0) is 96.3 Å². The molecule has 0 aliphatic carbocycles. The number of aliphatic hydroxyl groups is 1. The van der Waals surface area contributed by atoms with Gasteiger partial charge in [0.15, 0.2) is 0 Å². The first-order valence-electron chi connectivity index (χ1n) is 31.3. The van der Waals surface area contributed by atoms with Crippen LogP contribution in [0.25, 0.3) is 0 Å². The highest BCUT2D eigenvalue weighted by atomic mass is 31.2. The molecule has 0 aromatic heterocycles. The molecule has 0 fully saturated rings. The molecule has 0 aliphatic heterocycles. The highest BCUT2D eigenvalue weighted by molar-refractivity contribution is 7.47. The van der Waals surface area contributed by atoms with Gasteiger partial charge in [0.2, 0.25) is 5.91 Å². The minimum atomic E-state index is -4.37. The van der Waals surface area contributed by atoms with Crippen LogP contribution in [-0.2, 0) is 18.4 Å². The Kier molecular flexibility index (Phi) is 54.7. The molecule has 0 aliphatic rings. The predicted octanol–water partition coefficient (Wildman–Crippen LogP) is 19.5. The molecule has 76 heavy (non-hydrogen) atoms. The highest BCUT2D eigenvalue weighted by Gasteiger charge is 2.27. The molecule has 0 heterocycles. The summed E-state index contributed by atoms with van der Waals surface area (Å²) in [5, 5.41) is 13.9. The maximum Gasteiger partial charge on any atom is 0.472 e. The minimum absolute atomic E-state index is 0.0485. The van der Waals surface area contributed by atoms with E-state index in [2.05, 4.69) is 116 Å². The minimum Gasteiger partial charge on any atom is -0.387 e. The number of allylic oxidation sites excluding steroid dienone is 17. The standard InChI is InChI=1S/C67H119N2O6P/c1-6-8-10-12-14-16-18-20-22-24-26-28-30-31-32-33-34-35-36-37-39-41-43-45-47-49-51-53-55-57-59-61-67(71)68-65(64-75-76(72,73)74-63-62-69(3,4)5)66(70)60-58-56-54-52-50-48-46-44-42-40-38-29-27-25-23-21-19-17-15-13-11-9-7-2/h8,10,14,16,20,22,26,28,31-32,34-35,42,44,50,52,58,60,65-66,70H,6-7,9,11-13,15,17-19,21,23-25,27,29-30,33,36-41,43,45-49,51,53-57,59,61-64H2,1-5H3,(H-,68,71,72,73)/p+1/b10-8-,16-14-,22-20-,28-26-,32-31-,35-34-,44-42+,52-50+,60-58+. The summed E-state index contributed by atoms with van der Waals surface area (Å²) in [6, 6.07) is -0.879. The van der Waals surface area contributed by atoms with Crippen molar-refractivity contribution in [3.8, 4) is 0 Å². The number of rotatable bonds is 56. The number of likely N-dealkylation sites (N-methyl/N-ethyl adjacent to an activating group) is 1. The van der Waals surface area contributed by atoms with E-state index in [9.17, 15) is 19.4 Å². The number of hydrogen-bond donors (Lipinski definition) is 3. The third-order valence-corrected chi connectivity index (χ3v) is 14.4. The van der Waals surface area contributed by atoms with Crippen LogP contribution in [0.2, 0.25) is 0 Å². The fraction of sp³-hybridized carbons (Fsp3) is 0.716. The van der Waals surface area contributed by atoms with Gasteiger partial charge in [0.1, 0.15) is 13.2 Å². The molecule has 0 radical (unpaired) electrons. The maximum atomic E-state index is 13.0. The molecule has 8 nitrogen and oxygen atoms in total. The van der Waals surface area contributed by atoms with Gasteiger partial charge in [0.05, 0.1) is 39.9 Å². The summed E-state index contributed by atoms with van der Waals surface area (Å²) in [5.41, 5.74) is 0. The largest absolute Gasteiger partial charge is 0.472 e. The van der Waals surface area contributed by atoms with Gasteiger partial charge < -0.3 is 19.8 Å². The monoisotopic (exact) mass is 1080 g/mol. The zero-order chi connectivity index (χ0) is 55.6. The molecule has 0 spiro atoms. The van der Waals surface area contributed by atoms with E-state index in [0.29, 0.717) is 17.4 Å². The zero-order valence-corrected chi connectivity index (χ0v) is 50.9. The molecule has 438 valence electrons. The quantitative estimate of drug-likeness (QED) is 0.0243. The number of phosphoric ester groups is 1. The molecule has 3 unspecified atom stereocenters. The highest BCUT2D eigenvalue weighted by Crippen LogP contribution is 2.43. The topological polar surface area (TPSA) is 105 Å². The third kappa shape index (κ3) is 58.8. The number of nitrogens with one attached hydrogen (secondary N) is 1. The van der Waals surface area contributed by atoms with Crippen molar-refractivity contribution in [1.82, 2.24) is 5.32 Å². The van der Waals surface area contributed by atoms with Crippen LogP contribution < -0.4 is 5.32 Å². The van der Waals surface area contributed by atoms with E-state index in [1.165, 1.54) is 154 Å². The van der Waals surface area contributed by atoms with E-state index >= 15 is 0 Å². The number of carbonyl (C=O) groups excluding carboxylic acids is 1. The van der Waals surface area contributed by atoms with Gasteiger partial charge in [-0.2, -0.15) is 0 Å². The first-order valence-corrected chi connectivity index (χ1v) is 32.8. The Balaban J connectivity index is 4.23. The number of amides is 1. The molecule has 9 heteroatoms. The van der Waals surface area contributed by atoms with E-state index in [1.807, 2.05) is 27.2 Å². The van der Waals surface area contributed by atoms with Crippen molar-refractivity contribution in [1.29, 1.82) is 0 Å². The second-order valence-electron chi connectivity index (χ2n) is 22.0. The fourth-order valence-electron chi connectivity index (χ4n) is 8.61. The van der Waals surface area contributed by atoms with Crippen molar-refractivity contribution in [3.05, 3.63) is 109 Å². The summed E-state index contributed by atoms with van der Waals surface area (Å²) in [7, 11) is 1.54. The van der Waals surface area contributed by atoms with Crippen LogP contribution in [0.4, 0.5) is 0 Å². The lowest BCUT2D eigenvalue weighted by atomic mass is 10.0. The summed E-state index contributed by atoms with van der Waals surface area (Å²) < 4.78 is 23.7. The number of aliphatic hydroxyl groups excluding tert-OH is 1. The number of hydrogen-bond acceptors (Lipinski definition) is 5. The SMILES string of the molecule is CC/C=C\C/C=C\C/C=C\C/C=C\C/C=C\C/C=C\CCCCCCCCCCCCCCC(=O)NC(COP(=O)(O)OCC[N+](C)(C)C)C(O)/C=C/CC/C=C/CC/C=C/CCCCCCCCCCCCCCC. The second-order valence-corrected chi connectivity index (χ2v) is 23.5. The Hall–Kier alpha value is -2.84. The molecule has 0 saturated carbocycles. The van der Waals surface area contributed by atoms with Crippen molar-refractivity contribution in [2.75, 3.05) is 40.9 Å². The smallest absolute Gasteiger partial charge is 0.387 e. The van der Waals surface area contributed by atoms with Gasteiger partial charge in [-0.15, -0.1) is 0 Å². The number of phosphoric acid groups is 1. The second kappa shape index (κ2) is 56.9. The average molecular weight is 1080 g/mol. The molecule has 0 aromatic rings. The Morgan fingerprint density at radius 1 is 0.461 bits per heavy atom. The molecule has 3 N–H and O–H groups in total. The van der Waals surface area contributed by atoms with Crippen molar-refractivity contribution >= 4 is 13.7 Å². The average Bonchev–Trinajstić information content (AvgIpc) is 3.38. The zero-order valence-electron chi connectivity index (χ0n) is 50.0. The summed E-state index contributed by atoms with van der Waals surface area (Å²) >= 11 is 0. The van der Waals surface area contributed by atoms with Crippen LogP contribution in [0.5, 0.6) is 0 Å². The Morgan fingerprint density at radius 2 is 0.803 bits per heavy atom. The van der Waals surface area contributed by atoms with E-state index in [1.54, 1.807) is 6.08 Å². The number of unbranched alkanes of at least 4 members (excludes halogenated alkanes) is 27. The number of nitrogens with zero attached hydrogens (tertiary/aromatic N) is 1. The van der Waals surface area contributed by atoms with Crippen molar-refractivity contribution in [2.45, 2.75) is 270 Å². The van der Waals surface area contributed by atoms with Crippen molar-refractivity contribution < 1.29 is 32.9 Å². The predicted molar refractivity (Wildman–Crippen MR) is 332 cm³/mol. The van der Waals surface area contributed by atoms with Crippen LogP contribution in [0.1, 0.15) is 258 Å². The Morgan fingerprint density at radius 3 is 1.21 bits per heavy atom. The Labute approximate surface area is 470 Å². The van der Waals surface area contributed by atoms with E-state index < -0.39 is 20.0 Å². The van der Waals surface area contributed by atoms with Gasteiger partial charge in [-0.1, -0.05) is 264 Å². The number of quaternary nitrogens is 1. The summed E-state index contributed by atoms with van der Waals surface area (Å²) in [6.07, 6.45) is 83.5. The number of carbonyl (C=O) groups is 1. The lowest BCUT2D eigenvalue weighted by Gasteiger charge is -2.25. The molecule has 0 bridgehead atoms. The summed E-state index contributed by atoms with van der Waals surface area (Å²) in [6.45, 7) is 4.68. The third-order valence-electron chi connectivity index (χ3n) is 13.5. The first-order chi connectivity index (χ1) is 37.0. The van der Waals surface area contributed by atoms with Gasteiger partial charge in [-0.25, -0.2) is 4.57 Å². The summed E-state index contributed by atoms with van der Waals surface area (Å²) in [5.74, 6) is -0.196. The first kappa shape index (κ1) is 73.2. The van der Waals surface area contributed by atoms with Crippen LogP contribution >= 0.6 is 7.82 Å². The van der Waals surface area contributed by atoms with Crippen LogP contribution in [-0.4, -0.2) is 73.4 Å². The molecule has 0 saturated heterocycles. The van der Waals surface area contributed by atoms with Crippen LogP contribution in [0.15, 0.2) is 109 Å². The fourth-order valence-corrected chi connectivity index (χ4v) is 9.34. The normalized spacial score (nSPS) is 14.6. The Bertz CT molecular complexity index is 1600. The van der Waals surface area contributed by atoms with Crippen LogP contribution in [0, 0.1) is 0 Å². The molecular weight excluding hydrogens is 960 g/mol. The maximum absolute atomic E-state index is 13.0. The molecule has 0 aromatic carbocycles. The molecule has 1 amide bonds.